The van der Waals surface area contributed by atoms with Crippen molar-refractivity contribution in [2.45, 2.75) is 13.8 Å². The molecule has 1 N–H and O–H groups in total. The minimum Gasteiger partial charge on any atom is -0.388 e. The van der Waals surface area contributed by atoms with Gasteiger partial charge in [-0.25, -0.2) is 0 Å². The first kappa shape index (κ1) is 19.3. The van der Waals surface area contributed by atoms with E-state index in [1.54, 1.807) is 0 Å². The number of nitrogens with zero attached hydrogens (tertiary/aromatic N) is 2. The molecule has 0 saturated heterocycles. The first-order valence-electron chi connectivity index (χ1n) is 11.0. The van der Waals surface area contributed by atoms with E-state index in [1.807, 2.05) is 20.9 Å². The van der Waals surface area contributed by atoms with Crippen molar-refractivity contribution in [2.75, 3.05) is 12.4 Å². The number of rotatable bonds is 2. The predicted molar refractivity (Wildman–Crippen MR) is 136 cm³/mol. The van der Waals surface area contributed by atoms with E-state index in [9.17, 15) is 0 Å². The molecule has 3 heteroatoms. The Balaban J connectivity index is 0.000000994. The highest BCUT2D eigenvalue weighted by Gasteiger charge is 2.18. The molecule has 0 bridgehead atoms. The molecule has 0 amide bonds. The van der Waals surface area contributed by atoms with E-state index in [2.05, 4.69) is 106 Å². The van der Waals surface area contributed by atoms with Crippen LogP contribution in [0.5, 0.6) is 0 Å². The Morgan fingerprint density at radius 1 is 0.613 bits per heavy atom. The van der Waals surface area contributed by atoms with Gasteiger partial charge in [-0.3, -0.25) is 0 Å². The van der Waals surface area contributed by atoms with Crippen LogP contribution in [-0.4, -0.2) is 16.2 Å². The molecule has 2 aromatic heterocycles. The monoisotopic (exact) mass is 405 g/mol. The Kier molecular flexibility index (Phi) is 4.67. The van der Waals surface area contributed by atoms with Crippen molar-refractivity contribution in [3.8, 4) is 5.69 Å². The van der Waals surface area contributed by atoms with E-state index in [4.69, 9.17) is 0 Å². The molecule has 3 nitrogen and oxygen atoms in total. The Morgan fingerprint density at radius 2 is 1.26 bits per heavy atom. The van der Waals surface area contributed by atoms with Gasteiger partial charge in [-0.15, -0.1) is 0 Å². The van der Waals surface area contributed by atoms with E-state index in [0.717, 1.165) is 5.69 Å². The Bertz CT molecular complexity index is 1530. The van der Waals surface area contributed by atoms with Crippen LogP contribution in [0.2, 0.25) is 0 Å². The highest BCUT2D eigenvalue weighted by atomic mass is 15.0. The zero-order valence-corrected chi connectivity index (χ0v) is 18.5. The molecule has 6 aromatic rings. The molecule has 2 heterocycles. The molecular weight excluding hydrogens is 378 g/mol. The number of anilines is 1. The Hall–Kier alpha value is -3.72. The molecule has 0 saturated carbocycles. The van der Waals surface area contributed by atoms with Gasteiger partial charge in [0.1, 0.15) is 0 Å². The van der Waals surface area contributed by atoms with Crippen LogP contribution in [0, 0.1) is 0 Å². The molecular formula is C28H27N3. The molecule has 154 valence electrons. The van der Waals surface area contributed by atoms with Crippen LogP contribution in [0.4, 0.5) is 5.69 Å². The maximum Gasteiger partial charge on any atom is 0.0641 e. The fourth-order valence-electron chi connectivity index (χ4n) is 4.74. The second-order valence-corrected chi connectivity index (χ2v) is 7.58. The van der Waals surface area contributed by atoms with E-state index in [0.29, 0.717) is 0 Å². The lowest BCUT2D eigenvalue weighted by molar-refractivity contribution is 1.01. The average molecular weight is 406 g/mol. The van der Waals surface area contributed by atoms with E-state index < -0.39 is 0 Å². The van der Waals surface area contributed by atoms with Crippen molar-refractivity contribution < 1.29 is 0 Å². The van der Waals surface area contributed by atoms with Gasteiger partial charge in [0, 0.05) is 52.5 Å². The number of para-hydroxylation sites is 2. The number of aromatic nitrogens is 2. The summed E-state index contributed by atoms with van der Waals surface area (Å²) in [5, 5.41) is 8.41. The second-order valence-electron chi connectivity index (χ2n) is 7.58. The third-order valence-corrected chi connectivity index (χ3v) is 6.12. The minimum atomic E-state index is 1.12. The van der Waals surface area contributed by atoms with Gasteiger partial charge in [-0.1, -0.05) is 56.3 Å². The smallest absolute Gasteiger partial charge is 0.0641 e. The third kappa shape index (κ3) is 2.73. The lowest BCUT2D eigenvalue weighted by Crippen LogP contribution is -1.95. The highest BCUT2D eigenvalue weighted by Crippen LogP contribution is 2.40. The van der Waals surface area contributed by atoms with Crippen molar-refractivity contribution in [3.05, 3.63) is 84.9 Å². The van der Waals surface area contributed by atoms with Crippen molar-refractivity contribution >= 4 is 49.3 Å². The number of fused-ring (bicyclic) bond motifs is 7. The maximum atomic E-state index is 3.22. The SMILES string of the molecule is CC.CNc1ccc(-n2c3ccccc3c3ccc4c(c5ccccc5n4C)c32)cc1. The summed E-state index contributed by atoms with van der Waals surface area (Å²) in [4.78, 5) is 0. The van der Waals surface area contributed by atoms with Crippen LogP contribution < -0.4 is 5.32 Å². The molecule has 0 fully saturated rings. The lowest BCUT2D eigenvalue weighted by atomic mass is 10.1. The predicted octanol–water partition coefficient (Wildman–Crippen LogP) is 7.50. The fraction of sp³-hybridized carbons (Fsp3) is 0.143. The Labute approximate surface area is 182 Å². The standard InChI is InChI=1S/C26H21N3.C2H6/c1-27-17-11-13-18(14-12-17)29-23-10-6-3-7-19(23)20-15-16-24-25(26(20)29)21-8-4-5-9-22(21)28(24)2;1-2/h3-16,27H,1-2H3;1-2H3. The summed E-state index contributed by atoms with van der Waals surface area (Å²) in [6.07, 6.45) is 0. The van der Waals surface area contributed by atoms with Crippen molar-refractivity contribution in [3.63, 3.8) is 0 Å². The first-order chi connectivity index (χ1) is 15.3. The van der Waals surface area contributed by atoms with Gasteiger partial charge in [0.15, 0.2) is 0 Å². The molecule has 31 heavy (non-hydrogen) atoms. The molecule has 0 aliphatic heterocycles. The first-order valence-corrected chi connectivity index (χ1v) is 11.0. The summed E-state index contributed by atoms with van der Waals surface area (Å²) in [6.45, 7) is 4.00. The zero-order chi connectivity index (χ0) is 21.5. The zero-order valence-electron chi connectivity index (χ0n) is 18.5. The summed E-state index contributed by atoms with van der Waals surface area (Å²) < 4.78 is 4.72. The maximum absolute atomic E-state index is 3.22. The van der Waals surface area contributed by atoms with Crippen LogP contribution in [0.3, 0.4) is 0 Å². The summed E-state index contributed by atoms with van der Waals surface area (Å²) >= 11 is 0. The third-order valence-electron chi connectivity index (χ3n) is 6.12. The lowest BCUT2D eigenvalue weighted by Gasteiger charge is -2.10. The van der Waals surface area contributed by atoms with Crippen LogP contribution in [-0.2, 0) is 7.05 Å². The van der Waals surface area contributed by atoms with Gasteiger partial charge in [-0.05, 0) is 42.5 Å². The van der Waals surface area contributed by atoms with Crippen LogP contribution in [0.1, 0.15) is 13.8 Å². The van der Waals surface area contributed by atoms with Gasteiger partial charge in [0.2, 0.25) is 0 Å². The van der Waals surface area contributed by atoms with Crippen LogP contribution in [0.15, 0.2) is 84.9 Å². The number of benzene rings is 4. The summed E-state index contributed by atoms with van der Waals surface area (Å²) in [5.74, 6) is 0. The summed E-state index contributed by atoms with van der Waals surface area (Å²) in [5.41, 5.74) is 7.32. The molecule has 0 spiro atoms. The van der Waals surface area contributed by atoms with E-state index in [1.165, 1.54) is 49.3 Å². The molecule has 0 aliphatic carbocycles. The van der Waals surface area contributed by atoms with Gasteiger partial charge < -0.3 is 14.5 Å². The van der Waals surface area contributed by atoms with Gasteiger partial charge in [-0.2, -0.15) is 0 Å². The van der Waals surface area contributed by atoms with Crippen molar-refractivity contribution in [1.82, 2.24) is 9.13 Å². The molecule has 0 radical (unpaired) electrons. The number of aryl methyl sites for hydroxylation is 1. The summed E-state index contributed by atoms with van der Waals surface area (Å²) in [7, 11) is 4.11. The number of nitrogens with one attached hydrogen (secondary N) is 1. The van der Waals surface area contributed by atoms with E-state index in [-0.39, 0.29) is 0 Å². The van der Waals surface area contributed by atoms with Gasteiger partial charge in [0.05, 0.1) is 16.6 Å². The second kappa shape index (κ2) is 7.51. The van der Waals surface area contributed by atoms with E-state index >= 15 is 0 Å². The molecule has 4 aromatic carbocycles. The van der Waals surface area contributed by atoms with Crippen molar-refractivity contribution in [1.29, 1.82) is 0 Å². The molecule has 0 atom stereocenters. The largest absolute Gasteiger partial charge is 0.388 e. The molecule has 0 aliphatic rings. The quantitative estimate of drug-likeness (QED) is 0.316. The van der Waals surface area contributed by atoms with Gasteiger partial charge in [0.25, 0.3) is 0 Å². The normalized spacial score (nSPS) is 11.2. The van der Waals surface area contributed by atoms with Crippen LogP contribution in [0.25, 0.3) is 49.3 Å². The Morgan fingerprint density at radius 3 is 1.97 bits per heavy atom. The average Bonchev–Trinajstić information content (AvgIpc) is 3.33. The topological polar surface area (TPSA) is 21.9 Å². The summed E-state index contributed by atoms with van der Waals surface area (Å²) in [6, 6.07) is 30.6. The van der Waals surface area contributed by atoms with Crippen molar-refractivity contribution in [2.24, 2.45) is 7.05 Å². The minimum absolute atomic E-state index is 1.12. The number of hydrogen-bond acceptors (Lipinski definition) is 1. The molecule has 6 rings (SSSR count). The fourth-order valence-corrected chi connectivity index (χ4v) is 4.74. The molecule has 0 unspecified atom stereocenters. The number of hydrogen-bond donors (Lipinski definition) is 1. The van der Waals surface area contributed by atoms with Crippen LogP contribution >= 0.6 is 0 Å². The highest BCUT2D eigenvalue weighted by molar-refractivity contribution is 6.25. The van der Waals surface area contributed by atoms with Gasteiger partial charge >= 0.3 is 0 Å².